The Bertz CT molecular complexity index is 994. The molecule has 2 atom stereocenters. The molecule has 170 valence electrons. The van der Waals surface area contributed by atoms with E-state index in [0.29, 0.717) is 24.2 Å². The van der Waals surface area contributed by atoms with Gasteiger partial charge in [0.05, 0.1) is 15.7 Å². The van der Waals surface area contributed by atoms with Crippen LogP contribution in [0.5, 0.6) is 5.75 Å². The fraction of sp³-hybridized carbons (Fsp3) is 0.409. The lowest BCUT2D eigenvalue weighted by Gasteiger charge is -2.23. The highest BCUT2D eigenvalue weighted by Crippen LogP contribution is 2.45. The number of phenolic OH excluding ortho intramolecular Hbond substituents is 1. The zero-order chi connectivity index (χ0) is 23.5. The van der Waals surface area contributed by atoms with Gasteiger partial charge in [-0.25, -0.2) is 4.21 Å². The van der Waals surface area contributed by atoms with Gasteiger partial charge in [0, 0.05) is 30.1 Å². The highest BCUT2D eigenvalue weighted by Gasteiger charge is 2.24. The average Bonchev–Trinajstić information content (AvgIpc) is 2.71. The van der Waals surface area contributed by atoms with Crippen molar-refractivity contribution in [3.63, 3.8) is 0 Å². The highest BCUT2D eigenvalue weighted by atomic mass is 35.5. The number of amides is 1. The zero-order valence-electron chi connectivity index (χ0n) is 18.2. The molecule has 2 rings (SSSR count). The number of nitrogens with one attached hydrogen (secondary N) is 1. The van der Waals surface area contributed by atoms with E-state index in [1.54, 1.807) is 11.0 Å². The maximum absolute atomic E-state index is 13.0. The molecular formula is C22H28Cl2N2O4S. The fourth-order valence-corrected chi connectivity index (χ4v) is 4.44. The number of rotatable bonds is 8. The fourth-order valence-electron chi connectivity index (χ4n) is 3.47. The predicted octanol–water partition coefficient (Wildman–Crippen LogP) is 6.00. The van der Waals surface area contributed by atoms with Crippen LogP contribution in [-0.4, -0.2) is 37.8 Å². The number of nitrogens with zero attached hydrogens (tertiary/aromatic N) is 1. The maximum atomic E-state index is 13.0. The van der Waals surface area contributed by atoms with E-state index in [-0.39, 0.29) is 33.3 Å². The number of hydrogen-bond acceptors (Lipinski definition) is 3. The van der Waals surface area contributed by atoms with Gasteiger partial charge < -0.3 is 10.0 Å². The van der Waals surface area contributed by atoms with Gasteiger partial charge in [0.15, 0.2) is 5.75 Å². The Balaban J connectivity index is 2.69. The molecule has 0 saturated carbocycles. The Morgan fingerprint density at radius 3 is 2.19 bits per heavy atom. The third-order valence-corrected chi connectivity index (χ3v) is 6.37. The van der Waals surface area contributed by atoms with Crippen LogP contribution in [0.1, 0.15) is 73.5 Å². The summed E-state index contributed by atoms with van der Waals surface area (Å²) in [4.78, 5) is 14.8. The lowest BCUT2D eigenvalue weighted by molar-refractivity contribution is 0.0772. The first kappa shape index (κ1) is 25.5. The lowest BCUT2D eigenvalue weighted by atomic mass is 9.87. The van der Waals surface area contributed by atoms with Crippen molar-refractivity contribution < 1.29 is 18.7 Å². The first-order valence-electron chi connectivity index (χ1n) is 10.0. The largest absolute Gasteiger partial charge is 0.505 e. The SMILES string of the molecule is CCN(CC)C(=O)c1cc(C(C)C)cc(C(C)c2c(NS(=O)O)cc(Cl)c(O)c2Cl)c1. The number of hydrogen-bond donors (Lipinski definition) is 3. The minimum absolute atomic E-state index is 0.0143. The van der Waals surface area contributed by atoms with E-state index in [1.165, 1.54) is 6.07 Å². The van der Waals surface area contributed by atoms with E-state index in [2.05, 4.69) is 4.72 Å². The van der Waals surface area contributed by atoms with E-state index in [1.807, 2.05) is 46.8 Å². The third kappa shape index (κ3) is 5.71. The molecule has 3 N–H and O–H groups in total. The van der Waals surface area contributed by atoms with Gasteiger partial charge in [0.2, 0.25) is 0 Å². The standard InChI is InChI=1S/C22H28Cl2N2O4S/c1-6-26(7-2)22(28)16-9-14(12(3)4)8-15(10-16)13(5)19-18(25-31(29)30)11-17(23)21(27)20(19)24/h8-13,25,27H,6-7H2,1-5H3,(H,29,30). The molecule has 0 aromatic heterocycles. The number of anilines is 1. The van der Waals surface area contributed by atoms with Crippen LogP contribution in [0.4, 0.5) is 5.69 Å². The van der Waals surface area contributed by atoms with Gasteiger partial charge in [0.1, 0.15) is 0 Å². The summed E-state index contributed by atoms with van der Waals surface area (Å²) in [5, 5.41) is 10.2. The second kappa shape index (κ2) is 10.7. The third-order valence-electron chi connectivity index (χ3n) is 5.30. The Kier molecular flexibility index (Phi) is 8.77. The summed E-state index contributed by atoms with van der Waals surface area (Å²) < 4.78 is 23.2. The molecule has 0 radical (unpaired) electrons. The van der Waals surface area contributed by atoms with E-state index in [9.17, 15) is 18.7 Å². The highest BCUT2D eigenvalue weighted by molar-refractivity contribution is 7.80. The number of benzene rings is 2. The van der Waals surface area contributed by atoms with Gasteiger partial charge >= 0.3 is 0 Å². The van der Waals surface area contributed by atoms with Crippen LogP contribution < -0.4 is 4.72 Å². The Labute approximate surface area is 196 Å². The second-order valence-electron chi connectivity index (χ2n) is 7.58. The Hall–Kier alpha value is -1.80. The van der Waals surface area contributed by atoms with E-state index in [4.69, 9.17) is 23.2 Å². The van der Waals surface area contributed by atoms with Crippen LogP contribution in [-0.2, 0) is 11.3 Å². The Morgan fingerprint density at radius 2 is 1.68 bits per heavy atom. The summed E-state index contributed by atoms with van der Waals surface area (Å²) in [5.41, 5.74) is 2.97. The van der Waals surface area contributed by atoms with Crippen molar-refractivity contribution in [3.8, 4) is 5.75 Å². The topological polar surface area (TPSA) is 89.9 Å². The van der Waals surface area contributed by atoms with Crippen molar-refractivity contribution in [2.24, 2.45) is 0 Å². The quantitative estimate of drug-likeness (QED) is 0.315. The summed E-state index contributed by atoms with van der Waals surface area (Å²) in [6.45, 7) is 11.0. The van der Waals surface area contributed by atoms with Crippen molar-refractivity contribution >= 4 is 46.1 Å². The smallest absolute Gasteiger partial charge is 0.259 e. The molecule has 0 aliphatic rings. The molecule has 31 heavy (non-hydrogen) atoms. The normalized spacial score (nSPS) is 13.2. The summed E-state index contributed by atoms with van der Waals surface area (Å²) in [7, 11) is 0. The molecule has 0 spiro atoms. The van der Waals surface area contributed by atoms with Crippen molar-refractivity contribution in [2.75, 3.05) is 17.8 Å². The van der Waals surface area contributed by atoms with Gasteiger partial charge in [-0.2, -0.15) is 0 Å². The van der Waals surface area contributed by atoms with Crippen LogP contribution in [0.25, 0.3) is 0 Å². The summed E-state index contributed by atoms with van der Waals surface area (Å²) >= 11 is 10.1. The van der Waals surface area contributed by atoms with Crippen molar-refractivity contribution in [1.29, 1.82) is 0 Å². The van der Waals surface area contributed by atoms with Crippen LogP contribution in [0.3, 0.4) is 0 Å². The number of halogens is 2. The molecule has 0 fully saturated rings. The molecule has 0 aliphatic heterocycles. The summed E-state index contributed by atoms with van der Waals surface area (Å²) in [6, 6.07) is 7.04. The molecule has 0 heterocycles. The average molecular weight is 487 g/mol. The number of carbonyl (C=O) groups excluding carboxylic acids is 1. The van der Waals surface area contributed by atoms with E-state index in [0.717, 1.165) is 11.1 Å². The number of phenols is 1. The minimum atomic E-state index is -2.36. The molecule has 2 aromatic rings. The van der Waals surface area contributed by atoms with E-state index < -0.39 is 17.2 Å². The monoisotopic (exact) mass is 486 g/mol. The first-order chi connectivity index (χ1) is 14.5. The summed E-state index contributed by atoms with van der Waals surface area (Å²) in [6.07, 6.45) is 0. The minimum Gasteiger partial charge on any atom is -0.505 e. The summed E-state index contributed by atoms with van der Waals surface area (Å²) in [5.74, 6) is -0.615. The molecule has 0 saturated heterocycles. The molecule has 6 nitrogen and oxygen atoms in total. The van der Waals surface area contributed by atoms with Crippen LogP contribution in [0.2, 0.25) is 10.0 Å². The van der Waals surface area contributed by atoms with Crippen LogP contribution >= 0.6 is 23.2 Å². The lowest BCUT2D eigenvalue weighted by Crippen LogP contribution is -2.30. The van der Waals surface area contributed by atoms with Gasteiger partial charge in [-0.3, -0.25) is 14.1 Å². The maximum Gasteiger partial charge on any atom is 0.259 e. The van der Waals surface area contributed by atoms with Gasteiger partial charge in [-0.1, -0.05) is 50.0 Å². The Morgan fingerprint density at radius 1 is 1.10 bits per heavy atom. The molecule has 2 unspecified atom stereocenters. The van der Waals surface area contributed by atoms with Gasteiger partial charge in [-0.15, -0.1) is 0 Å². The molecule has 2 aromatic carbocycles. The van der Waals surface area contributed by atoms with Gasteiger partial charge in [-0.05, 0) is 49.1 Å². The zero-order valence-corrected chi connectivity index (χ0v) is 20.5. The first-order valence-corrected chi connectivity index (χ1v) is 11.9. The van der Waals surface area contributed by atoms with Crippen LogP contribution in [0, 0.1) is 0 Å². The number of carbonyl (C=O) groups is 1. The molecular weight excluding hydrogens is 459 g/mol. The second-order valence-corrected chi connectivity index (χ2v) is 9.06. The molecule has 0 bridgehead atoms. The molecule has 1 amide bonds. The van der Waals surface area contributed by atoms with Gasteiger partial charge in [0.25, 0.3) is 17.2 Å². The van der Waals surface area contributed by atoms with Crippen molar-refractivity contribution in [2.45, 2.75) is 46.5 Å². The molecule has 0 aliphatic carbocycles. The van der Waals surface area contributed by atoms with Crippen LogP contribution in [0.15, 0.2) is 24.3 Å². The number of aromatic hydroxyl groups is 1. The van der Waals surface area contributed by atoms with Crippen molar-refractivity contribution in [1.82, 2.24) is 4.90 Å². The predicted molar refractivity (Wildman–Crippen MR) is 128 cm³/mol. The molecule has 9 heteroatoms. The van der Waals surface area contributed by atoms with Crippen molar-refractivity contribution in [3.05, 3.63) is 56.6 Å². The van der Waals surface area contributed by atoms with E-state index >= 15 is 0 Å².